The smallest absolute Gasteiger partial charge is 0.291 e. The molecule has 212 valence electrons. The molecule has 0 saturated carbocycles. The average molecular weight is 708 g/mol. The Labute approximate surface area is 271 Å². The predicted molar refractivity (Wildman–Crippen MR) is 166 cm³/mol. The highest BCUT2D eigenvalue weighted by Crippen LogP contribution is 2.70. The van der Waals surface area contributed by atoms with Crippen molar-refractivity contribution >= 4 is 87.8 Å². The number of halogens is 6. The van der Waals surface area contributed by atoms with E-state index in [2.05, 4.69) is 6.07 Å². The molecule has 14 heteroatoms. The van der Waals surface area contributed by atoms with Crippen LogP contribution in [0.4, 0.5) is 0 Å². The Kier molecular flexibility index (Phi) is 13.0. The van der Waals surface area contributed by atoms with E-state index < -0.39 is 24.3 Å². The van der Waals surface area contributed by atoms with E-state index in [0.717, 1.165) is 0 Å². The molecule has 0 aliphatic heterocycles. The first-order valence-electron chi connectivity index (χ1n) is 11.6. The first kappa shape index (κ1) is 33.9. The molecular weight excluding hydrogens is 690 g/mol. The summed E-state index contributed by atoms with van der Waals surface area (Å²) in [6, 6.07) is 19.9. The first-order chi connectivity index (χ1) is 19.5. The van der Waals surface area contributed by atoms with Crippen molar-refractivity contribution in [1.29, 1.82) is 15.8 Å². The van der Waals surface area contributed by atoms with Crippen LogP contribution in [0.15, 0.2) is 54.6 Å². The molecule has 0 unspecified atom stereocenters. The predicted octanol–water partition coefficient (Wildman–Crippen LogP) is 11.7. The summed E-state index contributed by atoms with van der Waals surface area (Å²) in [5.41, 5.74) is 1.13. The third-order valence-corrected chi connectivity index (χ3v) is 11.2. The minimum absolute atomic E-state index is 0.141. The van der Waals surface area contributed by atoms with Gasteiger partial charge in [-0.15, -0.1) is 0 Å². The SMILES string of the molecule is N#CC[C@H](OP(=O)(O[C@@H](CC#N)c1ccc(Cl)cc1Cl)S[C@@H](CC#N)c1ccc(Cl)cc1Cl)c1ccc(Cl)cc1Cl. The van der Waals surface area contributed by atoms with Crippen molar-refractivity contribution in [2.24, 2.45) is 0 Å². The van der Waals surface area contributed by atoms with Gasteiger partial charge in [-0.2, -0.15) is 15.8 Å². The van der Waals surface area contributed by atoms with Gasteiger partial charge in [-0.05, 0) is 53.3 Å². The number of nitrogens with zero attached hydrogens (tertiary/aromatic N) is 3. The molecule has 0 aromatic heterocycles. The van der Waals surface area contributed by atoms with Gasteiger partial charge in [0, 0.05) is 41.3 Å². The van der Waals surface area contributed by atoms with E-state index in [4.69, 9.17) is 78.7 Å². The molecule has 0 aliphatic carbocycles. The largest absolute Gasteiger partial charge is 0.391 e. The summed E-state index contributed by atoms with van der Waals surface area (Å²) >= 11 is 38.1. The summed E-state index contributed by atoms with van der Waals surface area (Å²) in [4.78, 5) is 0. The van der Waals surface area contributed by atoms with Gasteiger partial charge < -0.3 is 0 Å². The minimum Gasteiger partial charge on any atom is -0.291 e. The fourth-order valence-corrected chi connectivity index (χ4v) is 9.71. The highest BCUT2D eigenvalue weighted by molar-refractivity contribution is 8.55. The van der Waals surface area contributed by atoms with Crippen molar-refractivity contribution in [3.05, 3.63) is 101 Å². The molecule has 0 N–H and O–H groups in total. The van der Waals surface area contributed by atoms with Crippen molar-refractivity contribution in [1.82, 2.24) is 0 Å². The average Bonchev–Trinajstić information content (AvgIpc) is 2.88. The van der Waals surface area contributed by atoms with E-state index >= 15 is 0 Å². The molecule has 0 fully saturated rings. The number of hydrogen-bond donors (Lipinski definition) is 0. The third kappa shape index (κ3) is 9.43. The summed E-state index contributed by atoms with van der Waals surface area (Å²) in [7, 11) is 0. The Bertz CT molecular complexity index is 1410. The zero-order chi connectivity index (χ0) is 30.2. The van der Waals surface area contributed by atoms with Gasteiger partial charge in [0.05, 0.1) is 42.7 Å². The minimum atomic E-state index is -4.38. The number of benzene rings is 3. The second kappa shape index (κ2) is 15.7. The van der Waals surface area contributed by atoms with E-state index in [1.165, 1.54) is 18.2 Å². The normalized spacial score (nSPS) is 13.4. The molecule has 0 spiro atoms. The zero-order valence-electron chi connectivity index (χ0n) is 20.7. The molecule has 6 nitrogen and oxygen atoms in total. The number of nitriles is 3. The Hall–Kier alpha value is -1.63. The highest BCUT2D eigenvalue weighted by Gasteiger charge is 2.39. The van der Waals surface area contributed by atoms with Crippen LogP contribution in [0.5, 0.6) is 0 Å². The highest BCUT2D eigenvalue weighted by atomic mass is 35.5. The second-order valence-corrected chi connectivity index (χ2v) is 14.9. The fourth-order valence-electron chi connectivity index (χ4n) is 3.69. The Morgan fingerprint density at radius 3 is 1.34 bits per heavy atom. The fraction of sp³-hybridized carbons (Fsp3) is 0.222. The summed E-state index contributed by atoms with van der Waals surface area (Å²) in [5, 5.41) is 29.6. The molecule has 3 rings (SSSR count). The monoisotopic (exact) mass is 705 g/mol. The Morgan fingerprint density at radius 1 is 0.634 bits per heavy atom. The maximum atomic E-state index is 14.7. The molecule has 0 heterocycles. The molecule has 3 atom stereocenters. The van der Waals surface area contributed by atoms with Crippen LogP contribution < -0.4 is 0 Å². The lowest BCUT2D eigenvalue weighted by Crippen LogP contribution is -2.09. The van der Waals surface area contributed by atoms with Gasteiger partial charge in [0.1, 0.15) is 12.2 Å². The first-order valence-corrected chi connectivity index (χ1v) is 16.9. The molecule has 0 amide bonds. The van der Waals surface area contributed by atoms with Crippen molar-refractivity contribution in [3.8, 4) is 18.2 Å². The topological polar surface area (TPSA) is 107 Å². The van der Waals surface area contributed by atoms with Gasteiger partial charge in [0.2, 0.25) is 0 Å². The van der Waals surface area contributed by atoms with Crippen molar-refractivity contribution in [2.75, 3.05) is 0 Å². The van der Waals surface area contributed by atoms with Crippen LogP contribution in [-0.4, -0.2) is 0 Å². The molecule has 0 radical (unpaired) electrons. The van der Waals surface area contributed by atoms with Gasteiger partial charge in [0.25, 0.3) is 0 Å². The second-order valence-electron chi connectivity index (χ2n) is 8.31. The van der Waals surface area contributed by atoms with Crippen molar-refractivity contribution in [2.45, 2.75) is 36.7 Å². The molecule has 41 heavy (non-hydrogen) atoms. The Morgan fingerprint density at radius 2 is 1.00 bits per heavy atom. The van der Waals surface area contributed by atoms with Gasteiger partial charge in [-0.1, -0.05) is 87.8 Å². The van der Waals surface area contributed by atoms with Gasteiger partial charge in [-0.25, -0.2) is 4.57 Å². The lowest BCUT2D eigenvalue weighted by Gasteiger charge is -2.29. The number of rotatable bonds is 12. The van der Waals surface area contributed by atoms with Crippen LogP contribution >= 0.6 is 87.8 Å². The standard InChI is InChI=1S/C27H18Cl6N3O3PS/c28-16-1-4-19(22(31)13-16)25(7-10-34)38-40(37,39-26(8-11-35)20-5-2-17(29)14-23(20)32)41-27(9-12-36)21-6-3-18(30)15-24(21)33/h1-6,13-15,25-27H,7-9H2/t25-,26-,27-/m0/s1. The van der Waals surface area contributed by atoms with Crippen molar-refractivity contribution in [3.63, 3.8) is 0 Å². The Balaban J connectivity index is 2.13. The lowest BCUT2D eigenvalue weighted by atomic mass is 10.1. The van der Waals surface area contributed by atoms with E-state index in [1.807, 2.05) is 12.1 Å². The molecule has 3 aromatic rings. The van der Waals surface area contributed by atoms with Gasteiger partial charge in [-0.3, -0.25) is 9.05 Å². The maximum Gasteiger partial charge on any atom is 0.391 e. The maximum absolute atomic E-state index is 14.7. The summed E-state index contributed by atoms with van der Waals surface area (Å²) in [6.45, 7) is -4.38. The van der Waals surface area contributed by atoms with Crippen LogP contribution in [0, 0.1) is 34.0 Å². The van der Waals surface area contributed by atoms with Crippen molar-refractivity contribution < 1.29 is 13.6 Å². The number of hydrogen-bond acceptors (Lipinski definition) is 7. The molecule has 3 aromatic carbocycles. The third-order valence-electron chi connectivity index (χ3n) is 5.53. The van der Waals surface area contributed by atoms with Crippen LogP contribution in [-0.2, 0) is 13.6 Å². The summed E-state index contributed by atoms with van der Waals surface area (Å²) in [6.07, 6.45) is -2.92. The lowest BCUT2D eigenvalue weighted by molar-refractivity contribution is 0.128. The van der Waals surface area contributed by atoms with Crippen LogP contribution in [0.1, 0.15) is 53.4 Å². The van der Waals surface area contributed by atoms with E-state index in [0.29, 0.717) is 43.1 Å². The van der Waals surface area contributed by atoms with Gasteiger partial charge >= 0.3 is 6.80 Å². The van der Waals surface area contributed by atoms with E-state index in [1.54, 1.807) is 36.4 Å². The summed E-state index contributed by atoms with van der Waals surface area (Å²) in [5.74, 6) is 0. The molecule has 0 aliphatic rings. The van der Waals surface area contributed by atoms with Gasteiger partial charge in [0.15, 0.2) is 0 Å². The summed E-state index contributed by atoms with van der Waals surface area (Å²) < 4.78 is 26.9. The van der Waals surface area contributed by atoms with Crippen LogP contribution in [0.3, 0.4) is 0 Å². The zero-order valence-corrected chi connectivity index (χ0v) is 27.0. The van der Waals surface area contributed by atoms with E-state index in [9.17, 15) is 20.4 Å². The molecule has 0 saturated heterocycles. The van der Waals surface area contributed by atoms with E-state index in [-0.39, 0.29) is 34.3 Å². The molecular formula is C27H18Cl6N3O3PS. The quantitative estimate of drug-likeness (QED) is 0.172. The molecule has 0 bridgehead atoms. The van der Waals surface area contributed by atoms with Crippen LogP contribution in [0.25, 0.3) is 0 Å². The van der Waals surface area contributed by atoms with Crippen LogP contribution in [0.2, 0.25) is 30.1 Å².